The number of benzene rings is 2. The van der Waals surface area contributed by atoms with E-state index < -0.39 is 23.7 Å². The molecule has 0 aliphatic heterocycles. The molecule has 2 aromatic rings. The van der Waals surface area contributed by atoms with Crippen molar-refractivity contribution in [3.8, 4) is 0 Å². The predicted molar refractivity (Wildman–Crippen MR) is 111 cm³/mol. The molecule has 0 aromatic heterocycles. The lowest BCUT2D eigenvalue weighted by Gasteiger charge is -2.22. The minimum Gasteiger partial charge on any atom is -0.467 e. The second-order valence-electron chi connectivity index (χ2n) is 7.41. The van der Waals surface area contributed by atoms with Gasteiger partial charge in [0.1, 0.15) is 11.6 Å². The van der Waals surface area contributed by atoms with Gasteiger partial charge in [-0.3, -0.25) is 0 Å². The van der Waals surface area contributed by atoms with Gasteiger partial charge in [-0.2, -0.15) is 0 Å². The van der Waals surface area contributed by atoms with Crippen molar-refractivity contribution < 1.29 is 19.1 Å². The SMILES string of the molecule is COC(=O)[C@H](Cc1ccc(C=Cc2ccccc2)cc1)NC(=O)OC(C)(C)C. The first-order chi connectivity index (χ1) is 13.3. The third-order valence-corrected chi connectivity index (χ3v) is 3.86. The van der Waals surface area contributed by atoms with Crippen LogP contribution in [0.1, 0.15) is 37.5 Å². The molecule has 0 spiro atoms. The number of methoxy groups -OCH3 is 1. The van der Waals surface area contributed by atoms with Gasteiger partial charge in [-0.25, -0.2) is 9.59 Å². The molecule has 0 aliphatic rings. The molecule has 1 N–H and O–H groups in total. The fourth-order valence-corrected chi connectivity index (χ4v) is 2.54. The van der Waals surface area contributed by atoms with Crippen molar-refractivity contribution >= 4 is 24.2 Å². The Morgan fingerprint density at radius 1 is 0.964 bits per heavy atom. The van der Waals surface area contributed by atoms with Gasteiger partial charge in [-0.15, -0.1) is 0 Å². The van der Waals surface area contributed by atoms with Crippen molar-refractivity contribution in [2.75, 3.05) is 7.11 Å². The highest BCUT2D eigenvalue weighted by Gasteiger charge is 2.25. The number of ether oxygens (including phenoxy) is 2. The number of hydrogen-bond acceptors (Lipinski definition) is 4. The Bertz CT molecular complexity index is 805. The Kier molecular flexibility index (Phi) is 7.38. The summed E-state index contributed by atoms with van der Waals surface area (Å²) in [6.45, 7) is 5.30. The summed E-state index contributed by atoms with van der Waals surface area (Å²) in [7, 11) is 1.30. The topological polar surface area (TPSA) is 64.6 Å². The van der Waals surface area contributed by atoms with Gasteiger partial charge < -0.3 is 14.8 Å². The van der Waals surface area contributed by atoms with Crippen LogP contribution in [0.15, 0.2) is 54.6 Å². The number of nitrogens with one attached hydrogen (secondary N) is 1. The highest BCUT2D eigenvalue weighted by molar-refractivity contribution is 5.81. The first kappa shape index (κ1) is 21.2. The zero-order valence-corrected chi connectivity index (χ0v) is 16.8. The maximum absolute atomic E-state index is 12.0. The maximum Gasteiger partial charge on any atom is 0.408 e. The maximum atomic E-state index is 12.0. The average Bonchev–Trinajstić information content (AvgIpc) is 2.65. The number of amides is 1. The monoisotopic (exact) mass is 381 g/mol. The minimum atomic E-state index is -0.814. The Morgan fingerprint density at radius 3 is 2.07 bits per heavy atom. The molecule has 0 radical (unpaired) electrons. The van der Waals surface area contributed by atoms with Crippen LogP contribution in [0.3, 0.4) is 0 Å². The zero-order valence-electron chi connectivity index (χ0n) is 16.8. The molecule has 1 atom stereocenters. The van der Waals surface area contributed by atoms with Gasteiger partial charge in [0.15, 0.2) is 0 Å². The first-order valence-corrected chi connectivity index (χ1v) is 9.16. The Balaban J connectivity index is 2.02. The van der Waals surface area contributed by atoms with Gasteiger partial charge >= 0.3 is 12.1 Å². The summed E-state index contributed by atoms with van der Waals surface area (Å²) in [4.78, 5) is 24.0. The van der Waals surface area contributed by atoms with Crippen LogP contribution < -0.4 is 5.32 Å². The van der Waals surface area contributed by atoms with Crippen LogP contribution in [-0.2, 0) is 20.7 Å². The number of esters is 1. The fourth-order valence-electron chi connectivity index (χ4n) is 2.54. The smallest absolute Gasteiger partial charge is 0.408 e. The van der Waals surface area contributed by atoms with Gasteiger partial charge in [0.05, 0.1) is 7.11 Å². The minimum absolute atomic E-state index is 0.314. The third kappa shape index (κ3) is 7.27. The molecule has 5 heteroatoms. The summed E-state index contributed by atoms with van der Waals surface area (Å²) in [6, 6.07) is 17.0. The second-order valence-corrected chi connectivity index (χ2v) is 7.41. The molecule has 0 fully saturated rings. The Morgan fingerprint density at radius 2 is 1.54 bits per heavy atom. The van der Waals surface area contributed by atoms with Crippen LogP contribution in [0.5, 0.6) is 0 Å². The summed E-state index contributed by atoms with van der Waals surface area (Å²) in [5, 5.41) is 2.58. The molecule has 1 amide bonds. The second kappa shape index (κ2) is 9.74. The van der Waals surface area contributed by atoms with E-state index in [2.05, 4.69) is 5.32 Å². The molecule has 0 aliphatic carbocycles. The van der Waals surface area contributed by atoms with E-state index in [0.29, 0.717) is 6.42 Å². The Labute approximate surface area is 166 Å². The van der Waals surface area contributed by atoms with E-state index in [9.17, 15) is 9.59 Å². The summed E-state index contributed by atoms with van der Waals surface area (Å²) in [5.74, 6) is -0.515. The highest BCUT2D eigenvalue weighted by atomic mass is 16.6. The molecule has 0 saturated carbocycles. The number of rotatable bonds is 6. The van der Waals surface area contributed by atoms with E-state index in [1.54, 1.807) is 20.8 Å². The number of carbonyl (C=O) groups excluding carboxylic acids is 2. The van der Waals surface area contributed by atoms with Crippen molar-refractivity contribution in [2.24, 2.45) is 0 Å². The lowest BCUT2D eigenvalue weighted by molar-refractivity contribution is -0.143. The lowest BCUT2D eigenvalue weighted by atomic mass is 10.0. The number of hydrogen-bond donors (Lipinski definition) is 1. The largest absolute Gasteiger partial charge is 0.467 e. The molecular formula is C23H27NO4. The van der Waals surface area contributed by atoms with Gasteiger partial charge in [0.2, 0.25) is 0 Å². The number of carbonyl (C=O) groups is 2. The van der Waals surface area contributed by atoms with Gasteiger partial charge in [-0.05, 0) is 37.5 Å². The summed E-state index contributed by atoms with van der Waals surface area (Å²) >= 11 is 0. The zero-order chi connectivity index (χ0) is 20.6. The van der Waals surface area contributed by atoms with Crippen LogP contribution in [-0.4, -0.2) is 30.8 Å². The van der Waals surface area contributed by atoms with Crippen molar-refractivity contribution in [2.45, 2.75) is 38.8 Å². The van der Waals surface area contributed by atoms with E-state index in [1.165, 1.54) is 7.11 Å². The molecule has 2 rings (SSSR count). The standard InChI is InChI=1S/C23H27NO4/c1-23(2,3)28-22(26)24-20(21(25)27-4)16-19-14-12-18(13-15-19)11-10-17-8-6-5-7-9-17/h5-15,20H,16H2,1-4H3,(H,24,26)/t20-/m0/s1. The van der Waals surface area contributed by atoms with Crippen LogP contribution in [0, 0.1) is 0 Å². The molecule has 5 nitrogen and oxygen atoms in total. The van der Waals surface area contributed by atoms with E-state index in [1.807, 2.05) is 66.7 Å². The molecule has 0 unspecified atom stereocenters. The quantitative estimate of drug-likeness (QED) is 0.592. The average molecular weight is 381 g/mol. The van der Waals surface area contributed by atoms with Crippen LogP contribution in [0.4, 0.5) is 4.79 Å². The molecule has 2 aromatic carbocycles. The van der Waals surface area contributed by atoms with E-state index in [0.717, 1.165) is 16.7 Å². The van der Waals surface area contributed by atoms with Crippen molar-refractivity contribution in [3.63, 3.8) is 0 Å². The highest BCUT2D eigenvalue weighted by Crippen LogP contribution is 2.12. The molecular weight excluding hydrogens is 354 g/mol. The van der Waals surface area contributed by atoms with E-state index >= 15 is 0 Å². The summed E-state index contributed by atoms with van der Waals surface area (Å²) < 4.78 is 10.0. The molecule has 28 heavy (non-hydrogen) atoms. The van der Waals surface area contributed by atoms with Crippen molar-refractivity contribution in [3.05, 3.63) is 71.3 Å². The predicted octanol–water partition coefficient (Wildman–Crippen LogP) is 4.47. The van der Waals surface area contributed by atoms with E-state index in [-0.39, 0.29) is 0 Å². The van der Waals surface area contributed by atoms with Gasteiger partial charge in [0, 0.05) is 6.42 Å². The number of alkyl carbamates (subject to hydrolysis) is 1. The van der Waals surface area contributed by atoms with Crippen LogP contribution in [0.25, 0.3) is 12.2 Å². The summed E-state index contributed by atoms with van der Waals surface area (Å²) in [5.41, 5.74) is 2.43. The lowest BCUT2D eigenvalue weighted by Crippen LogP contribution is -2.45. The molecule has 0 heterocycles. The Hall–Kier alpha value is -3.08. The molecule has 0 bridgehead atoms. The van der Waals surface area contributed by atoms with E-state index in [4.69, 9.17) is 9.47 Å². The third-order valence-electron chi connectivity index (χ3n) is 3.86. The fraction of sp³-hybridized carbons (Fsp3) is 0.304. The van der Waals surface area contributed by atoms with Crippen molar-refractivity contribution in [1.29, 1.82) is 0 Å². The van der Waals surface area contributed by atoms with Gasteiger partial charge in [0.25, 0.3) is 0 Å². The summed E-state index contributed by atoms with van der Waals surface area (Å²) in [6.07, 6.45) is 3.73. The molecule has 0 saturated heterocycles. The van der Waals surface area contributed by atoms with Crippen LogP contribution in [0.2, 0.25) is 0 Å². The van der Waals surface area contributed by atoms with Crippen LogP contribution >= 0.6 is 0 Å². The first-order valence-electron chi connectivity index (χ1n) is 9.16. The van der Waals surface area contributed by atoms with Gasteiger partial charge in [-0.1, -0.05) is 66.7 Å². The molecule has 148 valence electrons. The van der Waals surface area contributed by atoms with Crippen molar-refractivity contribution in [1.82, 2.24) is 5.32 Å². The normalized spacial score (nSPS) is 12.4.